The van der Waals surface area contributed by atoms with Gasteiger partial charge in [-0.2, -0.15) is 0 Å². The van der Waals surface area contributed by atoms with Gasteiger partial charge in [-0.15, -0.1) is 13.2 Å². The second-order valence-electron chi connectivity index (χ2n) is 11.1. The first-order valence-electron chi connectivity index (χ1n) is 14.2. The predicted molar refractivity (Wildman–Crippen MR) is 161 cm³/mol. The van der Waals surface area contributed by atoms with Gasteiger partial charge in [0.15, 0.2) is 0 Å². The number of allylic oxidation sites excluding steroid dienone is 8. The molecule has 0 aliphatic heterocycles. The minimum absolute atomic E-state index is 0.206. The molecule has 2 rings (SSSR count). The summed E-state index contributed by atoms with van der Waals surface area (Å²) in [6.07, 6.45) is 23.1. The number of rotatable bonds is 14. The van der Waals surface area contributed by atoms with E-state index in [1.807, 2.05) is 19.1 Å². The van der Waals surface area contributed by atoms with E-state index in [-0.39, 0.29) is 12.3 Å². The van der Waals surface area contributed by atoms with Crippen LogP contribution in [0, 0.1) is 29.6 Å². The number of carboxylic acid groups (broad SMARTS) is 1. The third-order valence-corrected chi connectivity index (χ3v) is 7.71. The van der Waals surface area contributed by atoms with Crippen molar-refractivity contribution in [3.63, 3.8) is 0 Å². The zero-order chi connectivity index (χ0) is 28.4. The minimum atomic E-state index is -0.705. The lowest BCUT2D eigenvalue weighted by atomic mass is 9.77. The van der Waals surface area contributed by atoms with Crippen molar-refractivity contribution in [2.75, 3.05) is 21.2 Å². The van der Waals surface area contributed by atoms with Crippen molar-refractivity contribution in [1.82, 2.24) is 4.90 Å². The fourth-order valence-corrected chi connectivity index (χ4v) is 4.94. The van der Waals surface area contributed by atoms with Crippen molar-refractivity contribution in [3.05, 3.63) is 60.8 Å². The molecule has 4 heteroatoms. The molecule has 2 aliphatic carbocycles. The fourth-order valence-electron chi connectivity index (χ4n) is 4.94. The van der Waals surface area contributed by atoms with Crippen LogP contribution in [0.1, 0.15) is 85.5 Å². The molecule has 2 aliphatic rings. The van der Waals surface area contributed by atoms with E-state index in [1.54, 1.807) is 11.1 Å². The molecule has 1 saturated carbocycles. The maximum absolute atomic E-state index is 10.8. The van der Waals surface area contributed by atoms with Crippen LogP contribution in [0.15, 0.2) is 60.8 Å². The summed E-state index contributed by atoms with van der Waals surface area (Å²) in [7, 11) is 5.14. The Labute approximate surface area is 228 Å². The van der Waals surface area contributed by atoms with Crippen molar-refractivity contribution in [2.45, 2.75) is 91.5 Å². The van der Waals surface area contributed by atoms with Crippen LogP contribution in [0.4, 0.5) is 0 Å². The van der Waals surface area contributed by atoms with Gasteiger partial charge in [0.1, 0.15) is 0 Å². The van der Waals surface area contributed by atoms with E-state index in [1.165, 1.54) is 32.1 Å². The Kier molecular flexibility index (Phi) is 19.1. The number of aliphatic hydroxyl groups is 1. The van der Waals surface area contributed by atoms with Gasteiger partial charge < -0.3 is 15.1 Å². The number of hydrogen-bond acceptors (Lipinski definition) is 3. The lowest BCUT2D eigenvalue weighted by molar-refractivity contribution is -0.138. The lowest BCUT2D eigenvalue weighted by Gasteiger charge is -2.28. The molecule has 0 spiro atoms. The van der Waals surface area contributed by atoms with Gasteiger partial charge in [0, 0.05) is 19.6 Å². The highest BCUT2D eigenvalue weighted by atomic mass is 16.4. The van der Waals surface area contributed by atoms with Crippen molar-refractivity contribution in [1.29, 1.82) is 0 Å². The molecule has 1 fully saturated rings. The second kappa shape index (κ2) is 20.1. The summed E-state index contributed by atoms with van der Waals surface area (Å²) in [4.78, 5) is 13.0. The van der Waals surface area contributed by atoms with E-state index in [4.69, 9.17) is 10.2 Å². The molecule has 0 heterocycles. The van der Waals surface area contributed by atoms with Crippen molar-refractivity contribution >= 4 is 5.97 Å². The molecule has 0 amide bonds. The number of aliphatic carboxylic acids is 1. The molecule has 212 valence electrons. The van der Waals surface area contributed by atoms with Crippen molar-refractivity contribution in [3.8, 4) is 0 Å². The second-order valence-corrected chi connectivity index (χ2v) is 11.1. The Balaban J connectivity index is 0.000000679. The molecule has 5 unspecified atom stereocenters. The molecule has 0 aromatic heterocycles. The fraction of sp³-hybridized carbons (Fsp3) is 0.667. The summed E-state index contributed by atoms with van der Waals surface area (Å²) in [6, 6.07) is 0.399. The molecule has 0 radical (unpaired) electrons. The molecule has 0 aromatic rings. The molecule has 4 nitrogen and oxygen atoms in total. The summed E-state index contributed by atoms with van der Waals surface area (Å²) >= 11 is 0. The van der Waals surface area contributed by atoms with Crippen LogP contribution in [-0.4, -0.2) is 48.3 Å². The van der Waals surface area contributed by atoms with Gasteiger partial charge in [-0.25, -0.2) is 0 Å². The highest BCUT2D eigenvalue weighted by Crippen LogP contribution is 2.35. The molecular formula is C33H57NO3. The number of carbonyl (C=O) groups is 1. The Morgan fingerprint density at radius 1 is 1.22 bits per heavy atom. The number of nitrogens with zero attached hydrogens (tertiary/aromatic N) is 1. The topological polar surface area (TPSA) is 60.8 Å². The average Bonchev–Trinajstić information content (AvgIpc) is 3.70. The standard InChI is InChI=1S/C17H29NO2.C15H24.CH4O/c1-5-14(6-7-15-8-9-15)12-16(18(3)4)10-13(2)11-17(19)20;1-5-7-8-12(3)15-10-9-13(4)14(6-2)11-15;1-2/h5-7,13-16H,1,8-12H2,2-4H3,(H,19,20);5,8-9,14-15H,1,6-7,10-11H2,2-4H3;2H,1H3/b7-6+;12-8+;. The Hall–Kier alpha value is -1.91. The van der Waals surface area contributed by atoms with E-state index >= 15 is 0 Å². The van der Waals surface area contributed by atoms with E-state index in [9.17, 15) is 4.79 Å². The molecule has 0 bridgehead atoms. The van der Waals surface area contributed by atoms with Gasteiger partial charge in [0.25, 0.3) is 0 Å². The van der Waals surface area contributed by atoms with E-state index in [0.717, 1.165) is 44.1 Å². The van der Waals surface area contributed by atoms with E-state index in [0.29, 0.717) is 12.0 Å². The number of aliphatic hydroxyl groups excluding tert-OH is 1. The quantitative estimate of drug-likeness (QED) is 0.230. The van der Waals surface area contributed by atoms with Crippen molar-refractivity contribution in [2.24, 2.45) is 29.6 Å². The highest BCUT2D eigenvalue weighted by molar-refractivity contribution is 5.66. The average molecular weight is 516 g/mol. The van der Waals surface area contributed by atoms with Crippen LogP contribution in [0.25, 0.3) is 0 Å². The minimum Gasteiger partial charge on any atom is -0.481 e. The van der Waals surface area contributed by atoms with E-state index < -0.39 is 5.97 Å². The maximum Gasteiger partial charge on any atom is 0.303 e. The predicted octanol–water partition coefficient (Wildman–Crippen LogP) is 8.08. The van der Waals surface area contributed by atoms with Crippen LogP contribution in [0.5, 0.6) is 0 Å². The molecule has 37 heavy (non-hydrogen) atoms. The molecular weight excluding hydrogens is 458 g/mol. The van der Waals surface area contributed by atoms with Crippen LogP contribution in [0.2, 0.25) is 0 Å². The zero-order valence-corrected chi connectivity index (χ0v) is 25.0. The first kappa shape index (κ1) is 35.1. The van der Waals surface area contributed by atoms with Gasteiger partial charge in [-0.05, 0) is 109 Å². The molecule has 0 aromatic carbocycles. The van der Waals surface area contributed by atoms with Gasteiger partial charge in [-0.1, -0.05) is 61.4 Å². The molecule has 0 saturated heterocycles. The van der Waals surface area contributed by atoms with Gasteiger partial charge in [0.05, 0.1) is 0 Å². The number of hydrogen-bond donors (Lipinski definition) is 2. The smallest absolute Gasteiger partial charge is 0.303 e. The Bertz CT molecular complexity index is 745. The van der Waals surface area contributed by atoms with Crippen LogP contribution in [0.3, 0.4) is 0 Å². The van der Waals surface area contributed by atoms with Crippen LogP contribution >= 0.6 is 0 Å². The monoisotopic (exact) mass is 515 g/mol. The lowest BCUT2D eigenvalue weighted by Crippen LogP contribution is -2.31. The third kappa shape index (κ3) is 15.8. The molecule has 5 atom stereocenters. The summed E-state index contributed by atoms with van der Waals surface area (Å²) in [5.41, 5.74) is 3.15. The highest BCUT2D eigenvalue weighted by Gasteiger charge is 2.22. The SMILES string of the molecule is C=CC(/C=C/C1CC1)CC(CC(C)CC(=O)O)N(C)C.C=CC/C=C(\C)C1CC=C(C)C(CC)C1.CO. The van der Waals surface area contributed by atoms with Gasteiger partial charge in [0.2, 0.25) is 0 Å². The molecule has 2 N–H and O–H groups in total. The summed E-state index contributed by atoms with van der Waals surface area (Å²) in [6.45, 7) is 16.6. The van der Waals surface area contributed by atoms with Crippen molar-refractivity contribution < 1.29 is 15.0 Å². The van der Waals surface area contributed by atoms with Gasteiger partial charge >= 0.3 is 5.97 Å². The van der Waals surface area contributed by atoms with Gasteiger partial charge in [-0.3, -0.25) is 4.79 Å². The zero-order valence-electron chi connectivity index (χ0n) is 25.0. The Morgan fingerprint density at radius 2 is 1.86 bits per heavy atom. The van der Waals surface area contributed by atoms with Crippen LogP contribution < -0.4 is 0 Å². The van der Waals surface area contributed by atoms with E-state index in [2.05, 4.69) is 77.2 Å². The Morgan fingerprint density at radius 3 is 2.35 bits per heavy atom. The maximum atomic E-state index is 10.8. The van der Waals surface area contributed by atoms with Crippen LogP contribution in [-0.2, 0) is 4.79 Å². The summed E-state index contributed by atoms with van der Waals surface area (Å²) in [5.74, 6) is 2.28. The normalized spacial score (nSPS) is 22.1. The summed E-state index contributed by atoms with van der Waals surface area (Å²) < 4.78 is 0. The first-order chi connectivity index (χ1) is 17.6. The largest absolute Gasteiger partial charge is 0.481 e. The number of carboxylic acids is 1. The third-order valence-electron chi connectivity index (χ3n) is 7.71. The summed E-state index contributed by atoms with van der Waals surface area (Å²) in [5, 5.41) is 15.9. The first-order valence-corrected chi connectivity index (χ1v) is 14.2.